The molecular formula is C13H15N3O2S. The summed E-state index contributed by atoms with van der Waals surface area (Å²) in [5.41, 5.74) is 0.350. The summed E-state index contributed by atoms with van der Waals surface area (Å²) >= 11 is 1.71. The van der Waals surface area contributed by atoms with Gasteiger partial charge >= 0.3 is 5.97 Å². The zero-order valence-corrected chi connectivity index (χ0v) is 11.6. The van der Waals surface area contributed by atoms with Crippen LogP contribution in [0.3, 0.4) is 0 Å². The number of nitrogens with one attached hydrogen (secondary N) is 1. The van der Waals surface area contributed by atoms with E-state index in [1.54, 1.807) is 11.3 Å². The Bertz CT molecular complexity index is 543. The van der Waals surface area contributed by atoms with Crippen molar-refractivity contribution < 1.29 is 9.53 Å². The van der Waals surface area contributed by atoms with E-state index in [1.807, 2.05) is 18.4 Å². The maximum atomic E-state index is 11.6. The first kappa shape index (κ1) is 13.5. The Morgan fingerprint density at radius 2 is 2.42 bits per heavy atom. The van der Waals surface area contributed by atoms with Gasteiger partial charge in [0.25, 0.3) is 0 Å². The molecule has 100 valence electrons. The minimum absolute atomic E-state index is 0.164. The number of esters is 1. The smallest absolute Gasteiger partial charge is 0.343 e. The third-order valence-electron chi connectivity index (χ3n) is 2.59. The molecule has 2 rings (SSSR count). The van der Waals surface area contributed by atoms with E-state index in [4.69, 9.17) is 4.74 Å². The number of carbonyl (C=O) groups is 1. The van der Waals surface area contributed by atoms with Crippen LogP contribution >= 0.6 is 11.3 Å². The van der Waals surface area contributed by atoms with Crippen molar-refractivity contribution in [2.45, 2.75) is 19.4 Å². The van der Waals surface area contributed by atoms with Gasteiger partial charge in [-0.25, -0.2) is 14.8 Å². The molecule has 1 unspecified atom stereocenters. The number of methoxy groups -OCH3 is 1. The Morgan fingerprint density at radius 1 is 1.58 bits per heavy atom. The maximum absolute atomic E-state index is 11.6. The highest BCUT2D eigenvalue weighted by molar-refractivity contribution is 7.09. The first-order chi connectivity index (χ1) is 9.20. The van der Waals surface area contributed by atoms with Crippen LogP contribution in [-0.4, -0.2) is 29.1 Å². The molecule has 1 atom stereocenters. The van der Waals surface area contributed by atoms with E-state index in [1.165, 1.54) is 24.5 Å². The van der Waals surface area contributed by atoms with E-state index in [0.717, 1.165) is 6.42 Å². The zero-order valence-electron chi connectivity index (χ0n) is 10.8. The van der Waals surface area contributed by atoms with Crippen LogP contribution in [0.15, 0.2) is 30.0 Å². The topological polar surface area (TPSA) is 64.1 Å². The largest absolute Gasteiger partial charge is 0.465 e. The third-order valence-corrected chi connectivity index (χ3v) is 3.49. The Labute approximate surface area is 115 Å². The standard InChI is InChI=1S/C13H15N3O2S/c1-9(6-10-4-3-5-19-10)16-12-11(13(17)18-2)7-14-8-15-12/h3-5,7-9H,6H2,1-2H3,(H,14,15,16). The van der Waals surface area contributed by atoms with E-state index < -0.39 is 5.97 Å². The van der Waals surface area contributed by atoms with Gasteiger partial charge in [-0.1, -0.05) is 6.07 Å². The van der Waals surface area contributed by atoms with E-state index in [9.17, 15) is 4.79 Å². The van der Waals surface area contributed by atoms with Crippen molar-refractivity contribution >= 4 is 23.1 Å². The van der Waals surface area contributed by atoms with Crippen LogP contribution in [0.4, 0.5) is 5.82 Å². The fourth-order valence-corrected chi connectivity index (χ4v) is 2.55. The molecule has 2 aromatic rings. The Hall–Kier alpha value is -1.95. The number of ether oxygens (including phenoxy) is 1. The van der Waals surface area contributed by atoms with Gasteiger partial charge in [0.15, 0.2) is 0 Å². The second-order valence-corrected chi connectivity index (χ2v) is 5.14. The van der Waals surface area contributed by atoms with Crippen molar-refractivity contribution in [3.63, 3.8) is 0 Å². The molecular weight excluding hydrogens is 262 g/mol. The molecule has 0 fully saturated rings. The van der Waals surface area contributed by atoms with Gasteiger partial charge in [-0.15, -0.1) is 11.3 Å². The number of thiophene rings is 1. The molecule has 0 saturated heterocycles. The molecule has 2 heterocycles. The fourth-order valence-electron chi connectivity index (χ4n) is 1.72. The van der Waals surface area contributed by atoms with Gasteiger partial charge in [0.2, 0.25) is 0 Å². The van der Waals surface area contributed by atoms with Crippen molar-refractivity contribution in [3.05, 3.63) is 40.5 Å². The van der Waals surface area contributed by atoms with E-state index >= 15 is 0 Å². The number of carbonyl (C=O) groups excluding carboxylic acids is 1. The summed E-state index contributed by atoms with van der Waals surface area (Å²) in [4.78, 5) is 20.8. The first-order valence-corrected chi connectivity index (χ1v) is 6.76. The van der Waals surface area contributed by atoms with E-state index in [2.05, 4.69) is 21.4 Å². The van der Waals surface area contributed by atoms with Gasteiger partial charge in [0, 0.05) is 23.5 Å². The molecule has 0 aromatic carbocycles. The summed E-state index contributed by atoms with van der Waals surface area (Å²) in [5.74, 6) is 0.0670. The lowest BCUT2D eigenvalue weighted by molar-refractivity contribution is 0.0601. The molecule has 0 spiro atoms. The number of aromatic nitrogens is 2. The van der Waals surface area contributed by atoms with Crippen molar-refractivity contribution in [3.8, 4) is 0 Å². The lowest BCUT2D eigenvalue weighted by atomic mass is 10.2. The highest BCUT2D eigenvalue weighted by atomic mass is 32.1. The van der Waals surface area contributed by atoms with Crippen LogP contribution in [0, 0.1) is 0 Å². The third kappa shape index (κ3) is 3.51. The summed E-state index contributed by atoms with van der Waals surface area (Å²) in [7, 11) is 1.34. The van der Waals surface area contributed by atoms with Gasteiger partial charge < -0.3 is 10.1 Å². The Balaban J connectivity index is 2.08. The minimum Gasteiger partial charge on any atom is -0.465 e. The van der Waals surface area contributed by atoms with Gasteiger partial charge in [0.05, 0.1) is 7.11 Å². The minimum atomic E-state index is -0.438. The summed E-state index contributed by atoms with van der Waals surface area (Å²) in [6, 6.07) is 4.28. The number of rotatable bonds is 5. The summed E-state index contributed by atoms with van der Waals surface area (Å²) in [6.45, 7) is 2.04. The Morgan fingerprint density at radius 3 is 3.11 bits per heavy atom. The molecule has 1 N–H and O–H groups in total. The SMILES string of the molecule is COC(=O)c1cncnc1NC(C)Cc1cccs1. The quantitative estimate of drug-likeness (QED) is 0.850. The zero-order chi connectivity index (χ0) is 13.7. The van der Waals surface area contributed by atoms with Crippen LogP contribution in [0.1, 0.15) is 22.2 Å². The molecule has 0 saturated carbocycles. The highest BCUT2D eigenvalue weighted by Gasteiger charge is 2.15. The normalized spacial score (nSPS) is 11.9. The van der Waals surface area contributed by atoms with Crippen LogP contribution < -0.4 is 5.32 Å². The molecule has 19 heavy (non-hydrogen) atoms. The lowest BCUT2D eigenvalue weighted by Crippen LogP contribution is -2.21. The number of hydrogen-bond acceptors (Lipinski definition) is 6. The van der Waals surface area contributed by atoms with Crippen molar-refractivity contribution in [2.24, 2.45) is 0 Å². The fraction of sp³-hybridized carbons (Fsp3) is 0.308. The molecule has 6 heteroatoms. The van der Waals surface area contributed by atoms with Crippen molar-refractivity contribution in [1.82, 2.24) is 9.97 Å². The number of hydrogen-bond donors (Lipinski definition) is 1. The summed E-state index contributed by atoms with van der Waals surface area (Å²) < 4.78 is 4.71. The molecule has 0 amide bonds. The molecule has 0 bridgehead atoms. The number of anilines is 1. The maximum Gasteiger partial charge on any atom is 0.343 e. The predicted octanol–water partition coefficient (Wildman–Crippen LogP) is 2.37. The Kier molecular flexibility index (Phi) is 4.46. The second-order valence-electron chi connectivity index (χ2n) is 4.11. The van der Waals surface area contributed by atoms with Gasteiger partial charge in [-0.05, 0) is 18.4 Å². The van der Waals surface area contributed by atoms with Gasteiger partial charge in [-0.2, -0.15) is 0 Å². The monoisotopic (exact) mass is 277 g/mol. The van der Waals surface area contributed by atoms with Crippen molar-refractivity contribution in [2.75, 3.05) is 12.4 Å². The van der Waals surface area contributed by atoms with Gasteiger partial charge in [0.1, 0.15) is 17.7 Å². The highest BCUT2D eigenvalue weighted by Crippen LogP contribution is 2.16. The lowest BCUT2D eigenvalue weighted by Gasteiger charge is -2.15. The van der Waals surface area contributed by atoms with Gasteiger partial charge in [-0.3, -0.25) is 0 Å². The van der Waals surface area contributed by atoms with Crippen LogP contribution in [0.25, 0.3) is 0 Å². The van der Waals surface area contributed by atoms with Crippen molar-refractivity contribution in [1.29, 1.82) is 0 Å². The average Bonchev–Trinajstić information content (AvgIpc) is 2.91. The predicted molar refractivity (Wildman–Crippen MR) is 74.5 cm³/mol. The second kappa shape index (κ2) is 6.29. The molecule has 0 aliphatic carbocycles. The average molecular weight is 277 g/mol. The van der Waals surface area contributed by atoms with E-state index in [0.29, 0.717) is 11.4 Å². The summed E-state index contributed by atoms with van der Waals surface area (Å²) in [5, 5.41) is 5.27. The molecule has 0 radical (unpaired) electrons. The van der Waals surface area contributed by atoms with Crippen LogP contribution in [0.2, 0.25) is 0 Å². The molecule has 2 aromatic heterocycles. The van der Waals surface area contributed by atoms with Crippen LogP contribution in [0.5, 0.6) is 0 Å². The molecule has 0 aliphatic rings. The molecule has 0 aliphatic heterocycles. The van der Waals surface area contributed by atoms with Crippen LogP contribution in [-0.2, 0) is 11.2 Å². The first-order valence-electron chi connectivity index (χ1n) is 5.88. The van der Waals surface area contributed by atoms with E-state index in [-0.39, 0.29) is 6.04 Å². The molecule has 5 nitrogen and oxygen atoms in total. The number of nitrogens with zero attached hydrogens (tertiary/aromatic N) is 2. The summed E-state index contributed by atoms with van der Waals surface area (Å²) in [6.07, 6.45) is 3.74.